The third-order valence-corrected chi connectivity index (χ3v) is 5.48. The van der Waals surface area contributed by atoms with Gasteiger partial charge in [-0.05, 0) is 63.3 Å². The van der Waals surface area contributed by atoms with Gasteiger partial charge in [0, 0.05) is 11.3 Å². The fourth-order valence-corrected chi connectivity index (χ4v) is 4.51. The predicted octanol–water partition coefficient (Wildman–Crippen LogP) is 2.74. The maximum atomic E-state index is 12.6. The molecular formula is C14H22ClNO. The number of halogens is 1. The summed E-state index contributed by atoms with van der Waals surface area (Å²) in [6.45, 7) is 1.03. The normalized spacial score (nSPS) is 46.9. The number of fused-ring (bicyclic) bond motifs is 2. The van der Waals surface area contributed by atoms with Crippen molar-refractivity contribution in [3.05, 3.63) is 0 Å². The monoisotopic (exact) mass is 255 g/mol. The van der Waals surface area contributed by atoms with Crippen LogP contribution in [-0.2, 0) is 4.79 Å². The molecule has 0 amide bonds. The molecule has 1 heterocycles. The van der Waals surface area contributed by atoms with Crippen LogP contribution in [-0.4, -0.2) is 23.7 Å². The molecule has 17 heavy (non-hydrogen) atoms. The molecule has 5 unspecified atom stereocenters. The van der Waals surface area contributed by atoms with E-state index in [1.165, 1.54) is 25.7 Å². The molecule has 0 aromatic rings. The highest BCUT2D eigenvalue weighted by Gasteiger charge is 2.43. The first-order valence-electron chi connectivity index (χ1n) is 7.17. The maximum Gasteiger partial charge on any atom is 0.153 e. The first-order valence-corrected chi connectivity index (χ1v) is 7.60. The van der Waals surface area contributed by atoms with Crippen molar-refractivity contribution in [2.24, 2.45) is 17.8 Å². The molecule has 1 N–H and O–H groups in total. The average Bonchev–Trinajstić information content (AvgIpc) is 2.48. The van der Waals surface area contributed by atoms with Gasteiger partial charge in [-0.1, -0.05) is 0 Å². The minimum atomic E-state index is 0.172. The maximum absolute atomic E-state index is 12.6. The highest BCUT2D eigenvalue weighted by molar-refractivity contribution is 6.20. The third-order valence-electron chi connectivity index (χ3n) is 5.09. The van der Waals surface area contributed by atoms with Crippen molar-refractivity contribution in [3.8, 4) is 0 Å². The van der Waals surface area contributed by atoms with E-state index in [-0.39, 0.29) is 6.04 Å². The molecular weight excluding hydrogens is 234 g/mol. The van der Waals surface area contributed by atoms with Crippen LogP contribution in [0.15, 0.2) is 0 Å². The van der Waals surface area contributed by atoms with Crippen LogP contribution < -0.4 is 5.32 Å². The summed E-state index contributed by atoms with van der Waals surface area (Å²) >= 11 is 6.26. The van der Waals surface area contributed by atoms with Crippen LogP contribution >= 0.6 is 11.6 Å². The molecule has 3 rings (SSSR count). The zero-order valence-corrected chi connectivity index (χ0v) is 11.1. The van der Waals surface area contributed by atoms with Gasteiger partial charge in [0.2, 0.25) is 0 Å². The first-order chi connectivity index (χ1) is 8.25. The Labute approximate surface area is 108 Å². The number of Topliss-reactive ketones (excluding diaryl/α,β-unsaturated/α-hetero) is 1. The van der Waals surface area contributed by atoms with Crippen LogP contribution in [0.1, 0.15) is 44.9 Å². The van der Waals surface area contributed by atoms with Crippen molar-refractivity contribution in [1.29, 1.82) is 0 Å². The van der Waals surface area contributed by atoms with Gasteiger partial charge in [0.1, 0.15) is 0 Å². The van der Waals surface area contributed by atoms with Crippen molar-refractivity contribution in [2.75, 3.05) is 6.54 Å². The lowest BCUT2D eigenvalue weighted by Crippen LogP contribution is -2.49. The summed E-state index contributed by atoms with van der Waals surface area (Å²) in [7, 11) is 0. The summed E-state index contributed by atoms with van der Waals surface area (Å²) in [5.74, 6) is 2.01. The van der Waals surface area contributed by atoms with Gasteiger partial charge in [-0.25, -0.2) is 0 Å². The molecule has 0 bridgehead atoms. The van der Waals surface area contributed by atoms with Gasteiger partial charge in [-0.3, -0.25) is 4.79 Å². The van der Waals surface area contributed by atoms with Crippen molar-refractivity contribution in [3.63, 3.8) is 0 Å². The average molecular weight is 256 g/mol. The van der Waals surface area contributed by atoms with Crippen LogP contribution in [0, 0.1) is 17.8 Å². The number of ketones is 1. The van der Waals surface area contributed by atoms with E-state index in [0.29, 0.717) is 28.9 Å². The standard InChI is InChI=1S/C14H22ClNO/c15-11-5-6-12-10(8-11)4-3-9-2-1-7-16-13(9)14(12)17/h9-13,16H,1-8H2. The molecule has 2 saturated carbocycles. The van der Waals surface area contributed by atoms with E-state index < -0.39 is 0 Å². The first kappa shape index (κ1) is 12.0. The SMILES string of the molecule is O=C1C2CCC(Cl)CC2CCC2CCCNC12. The summed E-state index contributed by atoms with van der Waals surface area (Å²) in [6, 6.07) is 0.172. The van der Waals surface area contributed by atoms with Gasteiger partial charge in [-0.15, -0.1) is 11.6 Å². The summed E-state index contributed by atoms with van der Waals surface area (Å²) in [6.07, 6.45) is 8.07. The van der Waals surface area contributed by atoms with E-state index in [0.717, 1.165) is 25.8 Å². The molecule has 0 aromatic heterocycles. The second kappa shape index (κ2) is 4.89. The van der Waals surface area contributed by atoms with E-state index in [2.05, 4.69) is 5.32 Å². The minimum Gasteiger partial charge on any atom is -0.307 e. The summed E-state index contributed by atoms with van der Waals surface area (Å²) in [4.78, 5) is 12.6. The molecule has 0 aromatic carbocycles. The van der Waals surface area contributed by atoms with E-state index in [1.54, 1.807) is 0 Å². The Balaban J connectivity index is 1.79. The van der Waals surface area contributed by atoms with Gasteiger partial charge >= 0.3 is 0 Å². The molecule has 0 spiro atoms. The van der Waals surface area contributed by atoms with Crippen LogP contribution in [0.25, 0.3) is 0 Å². The number of nitrogens with one attached hydrogen (secondary N) is 1. The van der Waals surface area contributed by atoms with Crippen molar-refractivity contribution < 1.29 is 4.79 Å². The van der Waals surface area contributed by atoms with Crippen LogP contribution in [0.3, 0.4) is 0 Å². The third kappa shape index (κ3) is 2.26. The quantitative estimate of drug-likeness (QED) is 0.675. The predicted molar refractivity (Wildman–Crippen MR) is 69.2 cm³/mol. The summed E-state index contributed by atoms with van der Waals surface area (Å²) < 4.78 is 0. The minimum absolute atomic E-state index is 0.172. The Morgan fingerprint density at radius 2 is 1.88 bits per heavy atom. The van der Waals surface area contributed by atoms with Crippen molar-refractivity contribution >= 4 is 17.4 Å². The second-order valence-electron chi connectivity index (χ2n) is 6.09. The number of alkyl halides is 1. The van der Waals surface area contributed by atoms with E-state index in [9.17, 15) is 4.79 Å². The number of rotatable bonds is 0. The topological polar surface area (TPSA) is 29.1 Å². The Morgan fingerprint density at radius 3 is 2.76 bits per heavy atom. The molecule has 3 heteroatoms. The lowest BCUT2D eigenvalue weighted by atomic mass is 9.75. The van der Waals surface area contributed by atoms with Crippen LogP contribution in [0.2, 0.25) is 0 Å². The van der Waals surface area contributed by atoms with E-state index >= 15 is 0 Å². The highest BCUT2D eigenvalue weighted by Crippen LogP contribution is 2.42. The largest absolute Gasteiger partial charge is 0.307 e. The molecule has 3 fully saturated rings. The second-order valence-corrected chi connectivity index (χ2v) is 6.71. The molecule has 1 saturated heterocycles. The molecule has 2 aliphatic carbocycles. The Bertz CT molecular complexity index is 307. The smallest absolute Gasteiger partial charge is 0.153 e. The zero-order chi connectivity index (χ0) is 11.8. The molecule has 5 atom stereocenters. The number of piperidine rings is 1. The fourth-order valence-electron chi connectivity index (χ4n) is 4.16. The Kier molecular flexibility index (Phi) is 3.45. The molecule has 3 aliphatic rings. The van der Waals surface area contributed by atoms with Crippen LogP contribution in [0.5, 0.6) is 0 Å². The molecule has 0 radical (unpaired) electrons. The molecule has 96 valence electrons. The van der Waals surface area contributed by atoms with Crippen molar-refractivity contribution in [1.82, 2.24) is 5.32 Å². The summed E-state index contributed by atoms with van der Waals surface area (Å²) in [5.41, 5.74) is 0. The molecule has 2 nitrogen and oxygen atoms in total. The van der Waals surface area contributed by atoms with E-state index in [4.69, 9.17) is 11.6 Å². The highest BCUT2D eigenvalue weighted by atomic mass is 35.5. The van der Waals surface area contributed by atoms with Gasteiger partial charge in [0.25, 0.3) is 0 Å². The molecule has 1 aliphatic heterocycles. The van der Waals surface area contributed by atoms with Gasteiger partial charge in [0.15, 0.2) is 5.78 Å². The van der Waals surface area contributed by atoms with Gasteiger partial charge in [0.05, 0.1) is 6.04 Å². The van der Waals surface area contributed by atoms with Crippen LogP contribution in [0.4, 0.5) is 0 Å². The number of hydrogen-bond donors (Lipinski definition) is 1. The Morgan fingerprint density at radius 1 is 1.06 bits per heavy atom. The van der Waals surface area contributed by atoms with Gasteiger partial charge < -0.3 is 5.32 Å². The fraction of sp³-hybridized carbons (Fsp3) is 0.929. The van der Waals surface area contributed by atoms with Crippen molar-refractivity contribution in [2.45, 2.75) is 56.4 Å². The lowest BCUT2D eigenvalue weighted by molar-refractivity contribution is -0.128. The number of carbonyl (C=O) groups excluding carboxylic acids is 1. The zero-order valence-electron chi connectivity index (χ0n) is 10.3. The summed E-state index contributed by atoms with van der Waals surface area (Å²) in [5, 5.41) is 3.79. The van der Waals surface area contributed by atoms with E-state index in [1.807, 2.05) is 0 Å². The number of carbonyl (C=O) groups is 1. The lowest BCUT2D eigenvalue weighted by Gasteiger charge is -2.34. The Hall–Kier alpha value is -0.0800. The number of hydrogen-bond acceptors (Lipinski definition) is 2. The van der Waals surface area contributed by atoms with Gasteiger partial charge in [-0.2, -0.15) is 0 Å².